The number of pyridine rings is 1. The lowest BCUT2D eigenvalue weighted by Crippen LogP contribution is -2.39. The number of carbonyl (C=O) groups excluding carboxylic acids is 1. The molecule has 1 aliphatic rings. The largest absolute Gasteiger partial charge is 0.495 e. The number of amides is 1. The van der Waals surface area contributed by atoms with Gasteiger partial charge in [-0.2, -0.15) is 0 Å². The number of nitrogens with zero attached hydrogens (tertiary/aromatic N) is 2. The van der Waals surface area contributed by atoms with Gasteiger partial charge in [0.2, 0.25) is 0 Å². The smallest absolute Gasteiger partial charge is 0.410 e. The fourth-order valence-electron chi connectivity index (χ4n) is 3.14. The Morgan fingerprint density at radius 3 is 2.48 bits per heavy atom. The maximum Gasteiger partial charge on any atom is 0.410 e. The zero-order chi connectivity index (χ0) is 23.0. The van der Waals surface area contributed by atoms with Crippen molar-refractivity contribution < 1.29 is 19.0 Å². The van der Waals surface area contributed by atoms with E-state index in [0.29, 0.717) is 19.7 Å². The minimum Gasteiger partial charge on any atom is -0.495 e. The molecule has 0 aliphatic carbocycles. The summed E-state index contributed by atoms with van der Waals surface area (Å²) in [5.41, 5.74) is 3.53. The van der Waals surface area contributed by atoms with Crippen molar-refractivity contribution in [3.8, 4) is 11.5 Å². The summed E-state index contributed by atoms with van der Waals surface area (Å²) in [6, 6.07) is 9.81. The van der Waals surface area contributed by atoms with E-state index in [1.807, 2.05) is 58.0 Å². The SMILES string of the molecule is CCC.COc1ccc(C)nc1COc1ccc2c(c1)CCN(C(=O)OC(C)(C)C)C2. The molecule has 3 rings (SSSR count). The van der Waals surface area contributed by atoms with Crippen LogP contribution < -0.4 is 9.47 Å². The summed E-state index contributed by atoms with van der Waals surface area (Å²) in [5.74, 6) is 1.51. The first-order valence-electron chi connectivity index (χ1n) is 10.9. The molecule has 0 spiro atoms. The van der Waals surface area contributed by atoms with Crippen molar-refractivity contribution in [2.75, 3.05) is 13.7 Å². The molecule has 0 unspecified atom stereocenters. The van der Waals surface area contributed by atoms with E-state index in [2.05, 4.69) is 18.8 Å². The number of aryl methyl sites for hydroxylation is 1. The van der Waals surface area contributed by atoms with Crippen LogP contribution in [0.3, 0.4) is 0 Å². The molecule has 31 heavy (non-hydrogen) atoms. The molecule has 0 saturated carbocycles. The molecule has 170 valence electrons. The van der Waals surface area contributed by atoms with Crippen LogP contribution in [0.1, 0.15) is 63.6 Å². The fourth-order valence-corrected chi connectivity index (χ4v) is 3.14. The summed E-state index contributed by atoms with van der Waals surface area (Å²) < 4.78 is 16.8. The number of aromatic nitrogens is 1. The molecule has 0 bridgehead atoms. The van der Waals surface area contributed by atoms with Gasteiger partial charge in [-0.05, 0) is 69.5 Å². The first-order chi connectivity index (χ1) is 14.7. The van der Waals surface area contributed by atoms with Gasteiger partial charge in [-0.25, -0.2) is 4.79 Å². The summed E-state index contributed by atoms with van der Waals surface area (Å²) in [5, 5.41) is 0. The summed E-state index contributed by atoms with van der Waals surface area (Å²) in [6.45, 7) is 13.4. The highest BCUT2D eigenvalue weighted by atomic mass is 16.6. The third kappa shape index (κ3) is 7.46. The third-order valence-electron chi connectivity index (χ3n) is 4.51. The molecule has 6 nitrogen and oxygen atoms in total. The first kappa shape index (κ1) is 24.5. The van der Waals surface area contributed by atoms with Crippen LogP contribution in [0.15, 0.2) is 30.3 Å². The molecule has 2 heterocycles. The molecule has 1 amide bonds. The lowest BCUT2D eigenvalue weighted by atomic mass is 10.00. The fraction of sp³-hybridized carbons (Fsp3) is 0.520. The van der Waals surface area contributed by atoms with Gasteiger partial charge in [-0.15, -0.1) is 0 Å². The van der Waals surface area contributed by atoms with E-state index in [0.717, 1.165) is 34.9 Å². The topological polar surface area (TPSA) is 60.9 Å². The van der Waals surface area contributed by atoms with Crippen LogP contribution in [-0.4, -0.2) is 35.2 Å². The van der Waals surface area contributed by atoms with Crippen molar-refractivity contribution >= 4 is 6.09 Å². The second kappa shape index (κ2) is 11.0. The number of rotatable bonds is 4. The molecule has 2 aromatic rings. The minimum atomic E-state index is -0.486. The predicted molar refractivity (Wildman–Crippen MR) is 123 cm³/mol. The molecule has 1 aliphatic heterocycles. The van der Waals surface area contributed by atoms with Crippen molar-refractivity contribution in [2.24, 2.45) is 0 Å². The van der Waals surface area contributed by atoms with Crippen molar-refractivity contribution in [1.82, 2.24) is 9.88 Å². The summed E-state index contributed by atoms with van der Waals surface area (Å²) in [6.07, 6.45) is 1.76. The third-order valence-corrected chi connectivity index (χ3v) is 4.51. The quantitative estimate of drug-likeness (QED) is 0.626. The molecular weight excluding hydrogens is 392 g/mol. The Hall–Kier alpha value is -2.76. The van der Waals surface area contributed by atoms with Crippen molar-refractivity contribution in [3.05, 3.63) is 52.8 Å². The number of fused-ring (bicyclic) bond motifs is 1. The second-order valence-electron chi connectivity index (χ2n) is 8.68. The number of ether oxygens (including phenoxy) is 3. The zero-order valence-electron chi connectivity index (χ0n) is 19.9. The lowest BCUT2D eigenvalue weighted by molar-refractivity contribution is 0.0224. The highest BCUT2D eigenvalue weighted by molar-refractivity contribution is 5.68. The van der Waals surface area contributed by atoms with E-state index in [1.54, 1.807) is 12.0 Å². The molecule has 0 radical (unpaired) electrons. The lowest BCUT2D eigenvalue weighted by Gasteiger charge is -2.31. The average Bonchev–Trinajstić information content (AvgIpc) is 2.71. The van der Waals surface area contributed by atoms with E-state index in [-0.39, 0.29) is 6.09 Å². The molecule has 0 N–H and O–H groups in total. The molecular formula is C25H36N2O4. The van der Waals surface area contributed by atoms with E-state index >= 15 is 0 Å². The first-order valence-corrected chi connectivity index (χ1v) is 10.9. The van der Waals surface area contributed by atoms with Crippen LogP contribution in [0.2, 0.25) is 0 Å². The van der Waals surface area contributed by atoms with E-state index < -0.39 is 5.60 Å². The Labute approximate surface area is 186 Å². The van der Waals surface area contributed by atoms with Crippen LogP contribution in [0.25, 0.3) is 0 Å². The van der Waals surface area contributed by atoms with E-state index in [4.69, 9.17) is 14.2 Å². The number of hydrogen-bond acceptors (Lipinski definition) is 5. The van der Waals surface area contributed by atoms with Crippen LogP contribution in [0.5, 0.6) is 11.5 Å². The maximum absolute atomic E-state index is 12.3. The molecule has 0 fully saturated rings. The summed E-state index contributed by atoms with van der Waals surface area (Å²) in [4.78, 5) is 18.5. The zero-order valence-corrected chi connectivity index (χ0v) is 19.9. The standard InChI is InChI=1S/C22H28N2O4.C3H8/c1-15-6-9-20(26-5)19(23-15)14-27-18-8-7-17-13-24(11-10-16(17)12-18)21(25)28-22(2,3)4;1-3-2/h6-9,12H,10-11,13-14H2,1-5H3;3H2,1-2H3. The van der Waals surface area contributed by atoms with Gasteiger partial charge in [0.05, 0.1) is 7.11 Å². The number of methoxy groups -OCH3 is 1. The monoisotopic (exact) mass is 428 g/mol. The van der Waals surface area contributed by atoms with E-state index in [9.17, 15) is 4.79 Å². The Bertz CT molecular complexity index is 874. The van der Waals surface area contributed by atoms with Crippen molar-refractivity contribution in [1.29, 1.82) is 0 Å². The molecule has 6 heteroatoms. The van der Waals surface area contributed by atoms with Gasteiger partial charge in [0.25, 0.3) is 0 Å². The summed E-state index contributed by atoms with van der Waals surface area (Å²) in [7, 11) is 1.63. The number of hydrogen-bond donors (Lipinski definition) is 0. The Balaban J connectivity index is 0.00000107. The van der Waals surface area contributed by atoms with Gasteiger partial charge in [-0.1, -0.05) is 26.3 Å². The van der Waals surface area contributed by atoms with E-state index in [1.165, 1.54) is 12.0 Å². The van der Waals surface area contributed by atoms with Crippen molar-refractivity contribution in [3.63, 3.8) is 0 Å². The normalized spacial score (nSPS) is 12.9. The molecule has 0 atom stereocenters. The van der Waals surface area contributed by atoms with Gasteiger partial charge >= 0.3 is 6.09 Å². The molecule has 1 aromatic heterocycles. The van der Waals surface area contributed by atoms with Gasteiger partial charge in [0.1, 0.15) is 29.4 Å². The molecule has 0 saturated heterocycles. The maximum atomic E-state index is 12.3. The van der Waals surface area contributed by atoms with Crippen LogP contribution in [-0.2, 0) is 24.3 Å². The molecule has 1 aromatic carbocycles. The van der Waals surface area contributed by atoms with Crippen molar-refractivity contribution in [2.45, 2.75) is 73.1 Å². The Morgan fingerprint density at radius 1 is 1.13 bits per heavy atom. The number of benzene rings is 1. The Kier molecular flexibility index (Phi) is 8.72. The van der Waals surface area contributed by atoms with Gasteiger partial charge in [0, 0.05) is 18.8 Å². The van der Waals surface area contributed by atoms with Gasteiger partial charge in [-0.3, -0.25) is 4.98 Å². The van der Waals surface area contributed by atoms with Gasteiger partial charge < -0.3 is 19.1 Å². The average molecular weight is 429 g/mol. The number of carbonyl (C=O) groups is 1. The van der Waals surface area contributed by atoms with Crippen LogP contribution in [0.4, 0.5) is 4.79 Å². The highest BCUT2D eigenvalue weighted by Gasteiger charge is 2.25. The van der Waals surface area contributed by atoms with Crippen LogP contribution >= 0.6 is 0 Å². The summed E-state index contributed by atoms with van der Waals surface area (Å²) >= 11 is 0. The Morgan fingerprint density at radius 2 is 1.84 bits per heavy atom. The highest BCUT2D eigenvalue weighted by Crippen LogP contribution is 2.26. The van der Waals surface area contributed by atoms with Gasteiger partial charge in [0.15, 0.2) is 0 Å². The van der Waals surface area contributed by atoms with Crippen LogP contribution in [0, 0.1) is 6.92 Å². The minimum absolute atomic E-state index is 0.268. The second-order valence-corrected chi connectivity index (χ2v) is 8.68. The predicted octanol–water partition coefficient (Wildman–Crippen LogP) is 5.69.